The molecule has 0 saturated heterocycles. The van der Waals surface area contributed by atoms with Crippen molar-refractivity contribution in [2.24, 2.45) is 5.92 Å². The number of urea groups is 1. The number of rotatable bonds is 5. The molecule has 0 bridgehead atoms. The molecule has 23 heavy (non-hydrogen) atoms. The molecule has 2 amide bonds. The Labute approximate surface area is 132 Å². The molecule has 0 radical (unpaired) electrons. The first-order valence-electron chi connectivity index (χ1n) is 7.40. The minimum atomic E-state index is -0.324. The molecule has 8 nitrogen and oxygen atoms in total. The summed E-state index contributed by atoms with van der Waals surface area (Å²) in [6.45, 7) is 4.51. The van der Waals surface area contributed by atoms with Crippen molar-refractivity contribution in [3.05, 3.63) is 35.7 Å². The van der Waals surface area contributed by atoms with Crippen LogP contribution in [0.25, 0.3) is 11.0 Å². The van der Waals surface area contributed by atoms with E-state index in [1.54, 1.807) is 18.2 Å². The van der Waals surface area contributed by atoms with E-state index in [0.29, 0.717) is 22.9 Å². The van der Waals surface area contributed by atoms with Crippen LogP contribution in [0.15, 0.2) is 28.8 Å². The molecule has 2 heterocycles. The number of amides is 2. The lowest BCUT2D eigenvalue weighted by molar-refractivity contribution is 0.250. The Morgan fingerprint density at radius 1 is 1.26 bits per heavy atom. The fourth-order valence-electron chi connectivity index (χ4n) is 2.21. The number of fused-ring (bicyclic) bond motifs is 1. The minimum Gasteiger partial charge on any atom is -0.359 e. The Balaban J connectivity index is 1.53. The lowest BCUT2D eigenvalue weighted by Gasteiger charge is -2.05. The summed E-state index contributed by atoms with van der Waals surface area (Å²) >= 11 is 0. The van der Waals surface area contributed by atoms with E-state index in [1.807, 2.05) is 6.07 Å². The van der Waals surface area contributed by atoms with Gasteiger partial charge in [-0.15, -0.1) is 0 Å². The third-order valence-corrected chi connectivity index (χ3v) is 3.22. The van der Waals surface area contributed by atoms with E-state index in [1.165, 1.54) is 0 Å². The summed E-state index contributed by atoms with van der Waals surface area (Å²) in [6.07, 6.45) is 0.855. The summed E-state index contributed by atoms with van der Waals surface area (Å²) in [7, 11) is 0. The Morgan fingerprint density at radius 3 is 2.91 bits per heavy atom. The van der Waals surface area contributed by atoms with Crippen LogP contribution in [0, 0.1) is 5.92 Å². The quantitative estimate of drug-likeness (QED) is 0.670. The summed E-state index contributed by atoms with van der Waals surface area (Å²) in [5.74, 6) is 1.14. The van der Waals surface area contributed by atoms with Crippen molar-refractivity contribution in [2.45, 2.75) is 26.8 Å². The van der Waals surface area contributed by atoms with Crippen LogP contribution in [-0.2, 0) is 13.0 Å². The molecule has 0 unspecified atom stereocenters. The van der Waals surface area contributed by atoms with E-state index in [-0.39, 0.29) is 12.6 Å². The van der Waals surface area contributed by atoms with Gasteiger partial charge in [-0.2, -0.15) is 15.4 Å². The molecule has 0 aliphatic rings. The van der Waals surface area contributed by atoms with Crippen LogP contribution in [0.5, 0.6) is 0 Å². The summed E-state index contributed by atoms with van der Waals surface area (Å²) in [5, 5.41) is 19.9. The van der Waals surface area contributed by atoms with Gasteiger partial charge in [0.25, 0.3) is 0 Å². The fraction of sp³-hybridized carbons (Fsp3) is 0.333. The van der Waals surface area contributed by atoms with Gasteiger partial charge < -0.3 is 15.2 Å². The molecule has 2 aromatic heterocycles. The van der Waals surface area contributed by atoms with Gasteiger partial charge in [0, 0.05) is 11.8 Å². The average molecular weight is 314 g/mol. The van der Waals surface area contributed by atoms with Crippen LogP contribution in [0.4, 0.5) is 10.5 Å². The van der Waals surface area contributed by atoms with Crippen LogP contribution in [-0.4, -0.2) is 26.6 Å². The van der Waals surface area contributed by atoms with E-state index >= 15 is 0 Å². The fourth-order valence-corrected chi connectivity index (χ4v) is 2.21. The highest BCUT2D eigenvalue weighted by molar-refractivity contribution is 5.91. The third kappa shape index (κ3) is 3.85. The molecule has 8 heteroatoms. The zero-order valence-corrected chi connectivity index (χ0v) is 13.0. The molecular formula is C15H18N6O2. The van der Waals surface area contributed by atoms with Crippen LogP contribution < -0.4 is 10.6 Å². The SMILES string of the molecule is CC(C)Cc1cc(CNC(=O)Nc2ccc3n[nH]nc3c2)on1. The highest BCUT2D eigenvalue weighted by atomic mass is 16.5. The van der Waals surface area contributed by atoms with E-state index < -0.39 is 0 Å². The van der Waals surface area contributed by atoms with Crippen molar-refractivity contribution >= 4 is 22.8 Å². The van der Waals surface area contributed by atoms with Crippen LogP contribution in [0.3, 0.4) is 0 Å². The number of carbonyl (C=O) groups is 1. The summed E-state index contributed by atoms with van der Waals surface area (Å²) in [5.41, 5.74) is 2.97. The second kappa shape index (κ2) is 6.47. The zero-order valence-electron chi connectivity index (χ0n) is 13.0. The van der Waals surface area contributed by atoms with Gasteiger partial charge in [0.05, 0.1) is 12.2 Å². The smallest absolute Gasteiger partial charge is 0.319 e. The zero-order chi connectivity index (χ0) is 16.2. The third-order valence-electron chi connectivity index (χ3n) is 3.22. The number of aromatic amines is 1. The number of benzene rings is 1. The number of hydrogen-bond acceptors (Lipinski definition) is 5. The number of nitrogens with one attached hydrogen (secondary N) is 3. The second-order valence-electron chi connectivity index (χ2n) is 5.72. The van der Waals surface area contributed by atoms with Crippen LogP contribution in [0.1, 0.15) is 25.3 Å². The Hall–Kier alpha value is -2.90. The topological polar surface area (TPSA) is 109 Å². The highest BCUT2D eigenvalue weighted by Crippen LogP contribution is 2.14. The maximum Gasteiger partial charge on any atom is 0.319 e. The number of carbonyl (C=O) groups excluding carboxylic acids is 1. The number of aromatic nitrogens is 4. The van der Waals surface area contributed by atoms with Gasteiger partial charge >= 0.3 is 6.03 Å². The Kier molecular flexibility index (Phi) is 4.22. The number of H-pyrrole nitrogens is 1. The van der Waals surface area contributed by atoms with Gasteiger partial charge in [-0.1, -0.05) is 19.0 Å². The number of nitrogens with zero attached hydrogens (tertiary/aromatic N) is 3. The molecule has 1 aromatic carbocycles. The predicted molar refractivity (Wildman–Crippen MR) is 84.8 cm³/mol. The molecule has 120 valence electrons. The molecule has 0 atom stereocenters. The molecule has 0 fully saturated rings. The van der Waals surface area contributed by atoms with Crippen LogP contribution in [0.2, 0.25) is 0 Å². The molecule has 0 aliphatic heterocycles. The molecule has 0 saturated carbocycles. The maximum atomic E-state index is 11.9. The number of hydrogen-bond donors (Lipinski definition) is 3. The van der Waals surface area contributed by atoms with Gasteiger partial charge in [-0.3, -0.25) is 0 Å². The van der Waals surface area contributed by atoms with Crippen molar-refractivity contribution in [1.29, 1.82) is 0 Å². The van der Waals surface area contributed by atoms with Gasteiger partial charge in [0.2, 0.25) is 0 Å². The second-order valence-corrected chi connectivity index (χ2v) is 5.72. The maximum absolute atomic E-state index is 11.9. The predicted octanol–water partition coefficient (Wildman–Crippen LogP) is 2.47. The molecule has 0 aliphatic carbocycles. The van der Waals surface area contributed by atoms with E-state index in [2.05, 4.69) is 45.0 Å². The normalized spacial score (nSPS) is 11.1. The van der Waals surface area contributed by atoms with Crippen molar-refractivity contribution < 1.29 is 9.32 Å². The molecular weight excluding hydrogens is 296 g/mol. The van der Waals surface area contributed by atoms with Crippen molar-refractivity contribution in [3.63, 3.8) is 0 Å². The lowest BCUT2D eigenvalue weighted by Crippen LogP contribution is -2.27. The minimum absolute atomic E-state index is 0.281. The first-order chi connectivity index (χ1) is 11.1. The van der Waals surface area contributed by atoms with Gasteiger partial charge in [-0.05, 0) is 30.5 Å². The molecule has 3 N–H and O–H groups in total. The van der Waals surface area contributed by atoms with Gasteiger partial charge in [0.1, 0.15) is 11.0 Å². The summed E-state index contributed by atoms with van der Waals surface area (Å²) < 4.78 is 5.20. The standard InChI is InChI=1S/C15H18N6O2/c1-9(2)5-11-6-12(23-20-11)8-16-15(22)17-10-3-4-13-14(7-10)19-21-18-13/h3-4,6-7,9H,5,8H2,1-2H3,(H2,16,17,22)(H,18,19,21). The monoisotopic (exact) mass is 314 g/mol. The molecule has 3 aromatic rings. The van der Waals surface area contributed by atoms with E-state index in [4.69, 9.17) is 4.52 Å². The van der Waals surface area contributed by atoms with Gasteiger partial charge in [0.15, 0.2) is 5.76 Å². The Bertz CT molecular complexity index is 807. The van der Waals surface area contributed by atoms with Crippen molar-refractivity contribution in [2.75, 3.05) is 5.32 Å². The van der Waals surface area contributed by atoms with Crippen molar-refractivity contribution in [1.82, 2.24) is 25.9 Å². The van der Waals surface area contributed by atoms with Crippen molar-refractivity contribution in [3.8, 4) is 0 Å². The average Bonchev–Trinajstić information content (AvgIpc) is 3.13. The highest BCUT2D eigenvalue weighted by Gasteiger charge is 2.08. The Morgan fingerprint density at radius 2 is 2.09 bits per heavy atom. The van der Waals surface area contributed by atoms with Gasteiger partial charge in [-0.25, -0.2) is 4.79 Å². The lowest BCUT2D eigenvalue weighted by atomic mass is 10.1. The number of anilines is 1. The van der Waals surface area contributed by atoms with E-state index in [0.717, 1.165) is 17.6 Å². The summed E-state index contributed by atoms with van der Waals surface area (Å²) in [6, 6.07) is 6.83. The first-order valence-corrected chi connectivity index (χ1v) is 7.40. The molecule has 3 rings (SSSR count). The van der Waals surface area contributed by atoms with Crippen LogP contribution >= 0.6 is 0 Å². The largest absolute Gasteiger partial charge is 0.359 e. The summed E-state index contributed by atoms with van der Waals surface area (Å²) in [4.78, 5) is 11.9. The molecule has 0 spiro atoms. The first kappa shape index (κ1) is 15.0. The van der Waals surface area contributed by atoms with E-state index in [9.17, 15) is 4.79 Å².